The Morgan fingerprint density at radius 1 is 1.54 bits per heavy atom. The molecule has 13 heavy (non-hydrogen) atoms. The second kappa shape index (κ2) is 3.64. The number of hydrogen-bond donors (Lipinski definition) is 1. The normalized spacial score (nSPS) is 33.7. The molecule has 74 valence electrons. The van der Waals surface area contributed by atoms with E-state index in [-0.39, 0.29) is 11.5 Å². The highest BCUT2D eigenvalue weighted by Gasteiger charge is 2.33. The van der Waals surface area contributed by atoms with Crippen LogP contribution in [0.2, 0.25) is 0 Å². The van der Waals surface area contributed by atoms with Crippen molar-refractivity contribution in [3.8, 4) is 0 Å². The molecule has 2 atom stereocenters. The predicted octanol–water partition coefficient (Wildman–Crippen LogP) is 1.43. The van der Waals surface area contributed by atoms with Crippen LogP contribution in [0.3, 0.4) is 0 Å². The van der Waals surface area contributed by atoms with Crippen molar-refractivity contribution in [2.75, 3.05) is 20.6 Å². The summed E-state index contributed by atoms with van der Waals surface area (Å²) in [4.78, 5) is 2.10. The Morgan fingerprint density at radius 2 is 2.15 bits per heavy atom. The largest absolute Gasteiger partial charge is 0.388 e. The topological polar surface area (TPSA) is 23.5 Å². The van der Waals surface area contributed by atoms with Gasteiger partial charge in [0.05, 0.1) is 6.10 Å². The van der Waals surface area contributed by atoms with E-state index in [1.807, 2.05) is 33.2 Å². The van der Waals surface area contributed by atoms with Gasteiger partial charge in [0.15, 0.2) is 0 Å². The Balaban J connectivity index is 2.80. The highest BCUT2D eigenvalue weighted by molar-refractivity contribution is 5.27. The van der Waals surface area contributed by atoms with E-state index in [1.165, 1.54) is 0 Å². The van der Waals surface area contributed by atoms with Crippen LogP contribution in [0.1, 0.15) is 13.8 Å². The Bertz CT molecular complexity index is 242. The van der Waals surface area contributed by atoms with Crippen LogP contribution < -0.4 is 0 Å². The monoisotopic (exact) mass is 181 g/mol. The summed E-state index contributed by atoms with van der Waals surface area (Å²) >= 11 is 0. The molecule has 0 heterocycles. The van der Waals surface area contributed by atoms with Crippen LogP contribution in [-0.4, -0.2) is 36.8 Å². The third-order valence-corrected chi connectivity index (χ3v) is 2.55. The minimum atomic E-state index is -0.347. The van der Waals surface area contributed by atoms with Gasteiger partial charge < -0.3 is 10.0 Å². The first-order chi connectivity index (χ1) is 5.96. The molecular formula is C11H19NO. The number of aliphatic hydroxyl groups excluding tert-OH is 1. The number of allylic oxidation sites excluding steroid dienone is 2. The minimum Gasteiger partial charge on any atom is -0.388 e. The maximum absolute atomic E-state index is 10.00. The molecule has 0 radical (unpaired) electrons. The third-order valence-electron chi connectivity index (χ3n) is 2.55. The van der Waals surface area contributed by atoms with Crippen molar-refractivity contribution >= 4 is 0 Å². The smallest absolute Gasteiger partial charge is 0.0850 e. The summed E-state index contributed by atoms with van der Waals surface area (Å²) in [6, 6.07) is 0. The minimum absolute atomic E-state index is 0.137. The molecule has 2 unspecified atom stereocenters. The quantitative estimate of drug-likeness (QED) is 0.696. The summed E-state index contributed by atoms with van der Waals surface area (Å²) in [6.45, 7) is 4.93. The van der Waals surface area contributed by atoms with Crippen LogP contribution in [0, 0.1) is 5.41 Å². The van der Waals surface area contributed by atoms with Crippen molar-refractivity contribution in [1.29, 1.82) is 0 Å². The molecule has 0 aromatic rings. The zero-order valence-electron chi connectivity index (χ0n) is 8.91. The molecule has 0 amide bonds. The van der Waals surface area contributed by atoms with E-state index in [0.29, 0.717) is 0 Å². The number of rotatable bonds is 2. The highest BCUT2D eigenvalue weighted by atomic mass is 16.3. The SMILES string of the molecule is CC1=CC=CC(C)(CN(C)C)C1O. The molecule has 0 aromatic heterocycles. The Kier molecular flexibility index (Phi) is 2.94. The van der Waals surface area contributed by atoms with Crippen molar-refractivity contribution in [3.05, 3.63) is 23.8 Å². The number of aliphatic hydroxyl groups is 1. The van der Waals surface area contributed by atoms with E-state index < -0.39 is 0 Å². The Hall–Kier alpha value is -0.600. The van der Waals surface area contributed by atoms with Crippen molar-refractivity contribution < 1.29 is 5.11 Å². The lowest BCUT2D eigenvalue weighted by molar-refractivity contribution is 0.0782. The molecule has 1 N–H and O–H groups in total. The number of hydrogen-bond acceptors (Lipinski definition) is 2. The molecule has 0 bridgehead atoms. The molecule has 1 aliphatic rings. The molecule has 0 saturated carbocycles. The molecule has 2 heteroatoms. The van der Waals surface area contributed by atoms with Crippen molar-refractivity contribution in [3.63, 3.8) is 0 Å². The van der Waals surface area contributed by atoms with Gasteiger partial charge in [0.1, 0.15) is 0 Å². The van der Waals surface area contributed by atoms with Crippen molar-refractivity contribution in [2.24, 2.45) is 5.41 Å². The van der Waals surface area contributed by atoms with Crippen LogP contribution in [-0.2, 0) is 0 Å². The molecule has 0 saturated heterocycles. The van der Waals surface area contributed by atoms with Crippen LogP contribution in [0.15, 0.2) is 23.8 Å². The summed E-state index contributed by atoms with van der Waals surface area (Å²) in [5.41, 5.74) is 0.911. The summed E-state index contributed by atoms with van der Waals surface area (Å²) in [6.07, 6.45) is 5.75. The lowest BCUT2D eigenvalue weighted by Gasteiger charge is -2.36. The van der Waals surface area contributed by atoms with Gasteiger partial charge in [0.2, 0.25) is 0 Å². The molecule has 1 aliphatic carbocycles. The summed E-state index contributed by atoms with van der Waals surface area (Å²) < 4.78 is 0. The molecule has 2 nitrogen and oxygen atoms in total. The first kappa shape index (κ1) is 10.5. The van der Waals surface area contributed by atoms with Crippen LogP contribution in [0.25, 0.3) is 0 Å². The first-order valence-electron chi connectivity index (χ1n) is 4.64. The van der Waals surface area contributed by atoms with Gasteiger partial charge in [0, 0.05) is 12.0 Å². The second-order valence-corrected chi connectivity index (χ2v) is 4.42. The van der Waals surface area contributed by atoms with Crippen LogP contribution in [0.4, 0.5) is 0 Å². The van der Waals surface area contributed by atoms with Gasteiger partial charge in [-0.15, -0.1) is 0 Å². The Morgan fingerprint density at radius 3 is 2.69 bits per heavy atom. The van der Waals surface area contributed by atoms with E-state index in [4.69, 9.17) is 0 Å². The first-order valence-corrected chi connectivity index (χ1v) is 4.64. The van der Waals surface area contributed by atoms with E-state index in [1.54, 1.807) is 0 Å². The molecule has 0 aromatic carbocycles. The molecular weight excluding hydrogens is 162 g/mol. The van der Waals surface area contributed by atoms with Gasteiger partial charge in [-0.2, -0.15) is 0 Å². The van der Waals surface area contributed by atoms with Crippen LogP contribution in [0.5, 0.6) is 0 Å². The average molecular weight is 181 g/mol. The summed E-state index contributed by atoms with van der Waals surface area (Å²) in [7, 11) is 4.05. The lowest BCUT2D eigenvalue weighted by atomic mass is 9.77. The maximum Gasteiger partial charge on any atom is 0.0850 e. The zero-order valence-corrected chi connectivity index (χ0v) is 8.91. The fourth-order valence-corrected chi connectivity index (χ4v) is 1.94. The van der Waals surface area contributed by atoms with E-state index in [2.05, 4.69) is 17.9 Å². The van der Waals surface area contributed by atoms with Crippen molar-refractivity contribution in [2.45, 2.75) is 20.0 Å². The zero-order chi connectivity index (χ0) is 10.1. The fourth-order valence-electron chi connectivity index (χ4n) is 1.94. The molecule has 0 fully saturated rings. The highest BCUT2D eigenvalue weighted by Crippen LogP contribution is 2.31. The van der Waals surface area contributed by atoms with Gasteiger partial charge in [-0.05, 0) is 26.6 Å². The third kappa shape index (κ3) is 2.20. The Labute approximate surface area is 80.6 Å². The summed E-state index contributed by atoms with van der Waals surface area (Å²) in [5.74, 6) is 0. The van der Waals surface area contributed by atoms with Gasteiger partial charge in [-0.3, -0.25) is 0 Å². The molecule has 0 spiro atoms. The van der Waals surface area contributed by atoms with E-state index in [0.717, 1.165) is 12.1 Å². The number of nitrogens with zero attached hydrogens (tertiary/aromatic N) is 1. The van der Waals surface area contributed by atoms with Crippen LogP contribution >= 0.6 is 0 Å². The van der Waals surface area contributed by atoms with Gasteiger partial charge in [-0.1, -0.05) is 25.2 Å². The predicted molar refractivity (Wildman–Crippen MR) is 55.6 cm³/mol. The lowest BCUT2D eigenvalue weighted by Crippen LogP contribution is -2.41. The molecule has 0 aliphatic heterocycles. The second-order valence-electron chi connectivity index (χ2n) is 4.42. The van der Waals surface area contributed by atoms with Gasteiger partial charge >= 0.3 is 0 Å². The van der Waals surface area contributed by atoms with Gasteiger partial charge in [0.25, 0.3) is 0 Å². The fraction of sp³-hybridized carbons (Fsp3) is 0.636. The summed E-state index contributed by atoms with van der Waals surface area (Å²) in [5, 5.41) is 10.00. The average Bonchev–Trinajstić information content (AvgIpc) is 1.99. The van der Waals surface area contributed by atoms with E-state index in [9.17, 15) is 5.11 Å². The van der Waals surface area contributed by atoms with E-state index >= 15 is 0 Å². The maximum atomic E-state index is 10.00. The van der Waals surface area contributed by atoms with Gasteiger partial charge in [-0.25, -0.2) is 0 Å². The standard InChI is InChI=1S/C11H19NO/c1-9-6-5-7-11(2,10(9)13)8-12(3)4/h5-7,10,13H,8H2,1-4H3. The van der Waals surface area contributed by atoms with Crippen molar-refractivity contribution in [1.82, 2.24) is 4.90 Å². The molecule has 1 rings (SSSR count).